The van der Waals surface area contributed by atoms with Gasteiger partial charge in [0.05, 0.1) is 11.4 Å². The average molecular weight is 415 g/mol. The van der Waals surface area contributed by atoms with Crippen molar-refractivity contribution in [1.82, 2.24) is 15.6 Å². The molecule has 0 saturated heterocycles. The van der Waals surface area contributed by atoms with Gasteiger partial charge in [0.1, 0.15) is 6.04 Å². The molecule has 2 rings (SSSR count). The molecule has 7 nitrogen and oxygen atoms in total. The maximum Gasteiger partial charge on any atom is 0.244 e. The van der Waals surface area contributed by atoms with Crippen molar-refractivity contribution >= 4 is 46.0 Å². The van der Waals surface area contributed by atoms with Gasteiger partial charge in [0.25, 0.3) is 0 Å². The molecule has 8 heteroatoms. The van der Waals surface area contributed by atoms with Crippen molar-refractivity contribution in [1.29, 1.82) is 0 Å². The standard InChI is InChI=1S/C21H26N4O3S/c1-14(19(28)24-21(3,4)5)22-18(27)12-11-16-13-29-20(23-16)25(15(2)26)17-9-7-6-8-10-17/h6-14H,1-5H3,(H,22,27)(H,24,28)/b12-11+. The van der Waals surface area contributed by atoms with Gasteiger partial charge in [0.2, 0.25) is 17.7 Å². The van der Waals surface area contributed by atoms with Gasteiger partial charge >= 0.3 is 0 Å². The van der Waals surface area contributed by atoms with Crippen LogP contribution < -0.4 is 15.5 Å². The summed E-state index contributed by atoms with van der Waals surface area (Å²) in [6.45, 7) is 8.72. The largest absolute Gasteiger partial charge is 0.350 e. The molecule has 2 aromatic rings. The molecular weight excluding hydrogens is 388 g/mol. The molecule has 1 atom stereocenters. The van der Waals surface area contributed by atoms with Gasteiger partial charge in [-0.05, 0) is 45.9 Å². The lowest BCUT2D eigenvalue weighted by Crippen LogP contribution is -2.50. The number of carbonyl (C=O) groups is 3. The van der Waals surface area contributed by atoms with Crippen molar-refractivity contribution < 1.29 is 14.4 Å². The molecule has 1 aromatic heterocycles. The first-order valence-electron chi connectivity index (χ1n) is 9.18. The summed E-state index contributed by atoms with van der Waals surface area (Å²) in [5.41, 5.74) is 0.903. The normalized spacial score (nSPS) is 12.4. The zero-order valence-corrected chi connectivity index (χ0v) is 18.0. The summed E-state index contributed by atoms with van der Waals surface area (Å²) >= 11 is 1.30. The Hall–Kier alpha value is -3.00. The van der Waals surface area contributed by atoms with Crippen LogP contribution in [0.25, 0.3) is 6.08 Å². The molecule has 29 heavy (non-hydrogen) atoms. The van der Waals surface area contributed by atoms with Crippen LogP contribution in [0, 0.1) is 0 Å². The Morgan fingerprint density at radius 1 is 1.17 bits per heavy atom. The van der Waals surface area contributed by atoms with Gasteiger partial charge in [-0.1, -0.05) is 18.2 Å². The first-order chi connectivity index (χ1) is 13.6. The highest BCUT2D eigenvalue weighted by Gasteiger charge is 2.20. The molecule has 0 aliphatic heterocycles. The van der Waals surface area contributed by atoms with Crippen LogP contribution in [-0.2, 0) is 14.4 Å². The van der Waals surface area contributed by atoms with Crippen LogP contribution in [0.1, 0.15) is 40.3 Å². The first-order valence-corrected chi connectivity index (χ1v) is 10.1. The predicted octanol–water partition coefficient (Wildman–Crippen LogP) is 3.26. The van der Waals surface area contributed by atoms with Crippen molar-refractivity contribution in [2.45, 2.75) is 46.2 Å². The van der Waals surface area contributed by atoms with Crippen molar-refractivity contribution in [3.8, 4) is 0 Å². The van der Waals surface area contributed by atoms with E-state index in [-0.39, 0.29) is 17.4 Å². The van der Waals surface area contributed by atoms with Crippen molar-refractivity contribution in [3.63, 3.8) is 0 Å². The number of benzene rings is 1. The van der Waals surface area contributed by atoms with Gasteiger partial charge in [-0.2, -0.15) is 0 Å². The third-order valence-corrected chi connectivity index (χ3v) is 4.53. The third-order valence-electron chi connectivity index (χ3n) is 3.69. The number of anilines is 2. The minimum absolute atomic E-state index is 0.155. The fourth-order valence-corrected chi connectivity index (χ4v) is 3.28. The summed E-state index contributed by atoms with van der Waals surface area (Å²) < 4.78 is 0. The quantitative estimate of drug-likeness (QED) is 0.710. The third kappa shape index (κ3) is 6.83. The number of amides is 3. The van der Waals surface area contributed by atoms with E-state index >= 15 is 0 Å². The molecule has 1 heterocycles. The second-order valence-corrected chi connectivity index (χ2v) is 8.38. The minimum Gasteiger partial charge on any atom is -0.350 e. The van der Waals surface area contributed by atoms with Gasteiger partial charge in [-0.3, -0.25) is 19.3 Å². The van der Waals surface area contributed by atoms with Crippen LogP contribution >= 0.6 is 11.3 Å². The second-order valence-electron chi connectivity index (χ2n) is 7.55. The minimum atomic E-state index is -0.663. The smallest absolute Gasteiger partial charge is 0.244 e. The molecule has 1 aromatic carbocycles. The molecular formula is C21H26N4O3S. The maximum absolute atomic E-state index is 12.1. The number of nitrogens with one attached hydrogen (secondary N) is 2. The Balaban J connectivity index is 2.03. The molecule has 2 N–H and O–H groups in total. The lowest BCUT2D eigenvalue weighted by atomic mass is 10.1. The highest BCUT2D eigenvalue weighted by molar-refractivity contribution is 7.14. The first kappa shape index (κ1) is 22.3. The second kappa shape index (κ2) is 9.47. The highest BCUT2D eigenvalue weighted by Crippen LogP contribution is 2.28. The molecule has 154 valence electrons. The molecule has 3 amide bonds. The number of hydrogen-bond acceptors (Lipinski definition) is 5. The van der Waals surface area contributed by atoms with E-state index in [0.29, 0.717) is 10.8 Å². The van der Waals surface area contributed by atoms with Crippen molar-refractivity contribution in [2.75, 3.05) is 4.90 Å². The molecule has 0 bridgehead atoms. The fraction of sp³-hybridized carbons (Fsp3) is 0.333. The van der Waals surface area contributed by atoms with E-state index in [4.69, 9.17) is 0 Å². The summed E-state index contributed by atoms with van der Waals surface area (Å²) in [5, 5.41) is 7.71. The number of aromatic nitrogens is 1. The highest BCUT2D eigenvalue weighted by atomic mass is 32.1. The van der Waals surface area contributed by atoms with Gasteiger partial charge in [-0.25, -0.2) is 4.98 Å². The summed E-state index contributed by atoms with van der Waals surface area (Å²) in [4.78, 5) is 42.2. The number of carbonyl (C=O) groups excluding carboxylic acids is 3. The van der Waals surface area contributed by atoms with E-state index in [1.165, 1.54) is 29.2 Å². The van der Waals surface area contributed by atoms with Gasteiger partial charge < -0.3 is 10.6 Å². The van der Waals surface area contributed by atoms with Gasteiger partial charge in [0, 0.05) is 23.9 Å². The Labute approximate surface area is 174 Å². The van der Waals surface area contributed by atoms with Crippen LogP contribution in [0.5, 0.6) is 0 Å². The van der Waals surface area contributed by atoms with Crippen LogP contribution in [0.3, 0.4) is 0 Å². The molecule has 1 unspecified atom stereocenters. The SMILES string of the molecule is CC(=O)N(c1ccccc1)c1nc(/C=C/C(=O)NC(C)C(=O)NC(C)(C)C)cs1. The van der Waals surface area contributed by atoms with E-state index in [9.17, 15) is 14.4 Å². The Morgan fingerprint density at radius 2 is 1.83 bits per heavy atom. The fourth-order valence-electron chi connectivity index (χ4n) is 2.43. The van der Waals surface area contributed by atoms with Crippen LogP contribution in [-0.4, -0.2) is 34.3 Å². The zero-order chi connectivity index (χ0) is 21.6. The van der Waals surface area contributed by atoms with E-state index in [2.05, 4.69) is 15.6 Å². The van der Waals surface area contributed by atoms with Gasteiger partial charge in [0.15, 0.2) is 5.13 Å². The number of rotatable bonds is 6. The zero-order valence-electron chi connectivity index (χ0n) is 17.2. The maximum atomic E-state index is 12.1. The lowest BCUT2D eigenvalue weighted by Gasteiger charge is -2.23. The predicted molar refractivity (Wildman–Crippen MR) is 116 cm³/mol. The van der Waals surface area contributed by atoms with E-state index in [1.54, 1.807) is 18.4 Å². The summed E-state index contributed by atoms with van der Waals surface area (Å²) in [6, 6.07) is 8.57. The Morgan fingerprint density at radius 3 is 2.41 bits per heavy atom. The summed E-state index contributed by atoms with van der Waals surface area (Å²) in [5.74, 6) is -0.810. The monoisotopic (exact) mass is 414 g/mol. The summed E-state index contributed by atoms with van der Waals surface area (Å²) in [6.07, 6.45) is 2.87. The summed E-state index contributed by atoms with van der Waals surface area (Å²) in [7, 11) is 0. The van der Waals surface area contributed by atoms with Crippen LogP contribution in [0.4, 0.5) is 10.8 Å². The molecule has 0 fully saturated rings. The topological polar surface area (TPSA) is 91.4 Å². The van der Waals surface area contributed by atoms with Crippen molar-refractivity contribution in [2.24, 2.45) is 0 Å². The lowest BCUT2D eigenvalue weighted by molar-refractivity contribution is -0.127. The number of hydrogen-bond donors (Lipinski definition) is 2. The number of nitrogens with zero attached hydrogens (tertiary/aromatic N) is 2. The molecule has 0 aliphatic rings. The number of thiazole rings is 1. The Bertz CT molecular complexity index is 900. The molecule has 0 radical (unpaired) electrons. The van der Waals surface area contributed by atoms with E-state index in [1.807, 2.05) is 51.1 Å². The molecule has 0 saturated carbocycles. The van der Waals surface area contributed by atoms with E-state index in [0.717, 1.165) is 5.69 Å². The van der Waals surface area contributed by atoms with Crippen molar-refractivity contribution in [3.05, 3.63) is 47.5 Å². The van der Waals surface area contributed by atoms with Crippen LogP contribution in [0.15, 0.2) is 41.8 Å². The van der Waals surface area contributed by atoms with Gasteiger partial charge in [-0.15, -0.1) is 11.3 Å². The Kier molecular flexibility index (Phi) is 7.28. The average Bonchev–Trinajstić information content (AvgIpc) is 3.07. The molecule has 0 spiro atoms. The molecule has 0 aliphatic carbocycles. The van der Waals surface area contributed by atoms with E-state index < -0.39 is 11.9 Å². The van der Waals surface area contributed by atoms with Crippen LogP contribution in [0.2, 0.25) is 0 Å². The number of para-hydroxylation sites is 1.